The maximum atomic E-state index is 12.0. The molecule has 1 heterocycles. The third-order valence-electron chi connectivity index (χ3n) is 3.58. The fourth-order valence-electron chi connectivity index (χ4n) is 2.19. The van der Waals surface area contributed by atoms with Crippen molar-refractivity contribution in [3.63, 3.8) is 0 Å². The topological polar surface area (TPSA) is 76.5 Å². The average Bonchev–Trinajstić information content (AvgIpc) is 3.21. The molecule has 0 aliphatic carbocycles. The number of hydrazone groups is 1. The molecular weight excluding hydrogens is 460 g/mol. The van der Waals surface area contributed by atoms with Crippen LogP contribution in [0, 0.1) is 0 Å². The molecule has 0 saturated carbocycles. The van der Waals surface area contributed by atoms with Gasteiger partial charge in [0.2, 0.25) is 0 Å². The molecule has 0 atom stereocenters. The number of benzene rings is 2. The molecule has 156 valence electrons. The molecule has 1 N–H and O–H groups in total. The van der Waals surface area contributed by atoms with E-state index in [-0.39, 0.29) is 11.7 Å². The maximum Gasteiger partial charge on any atom is 0.250 e. The first-order valence-electron chi connectivity index (χ1n) is 9.00. The van der Waals surface area contributed by atoms with Gasteiger partial charge in [0.05, 0.1) is 18.6 Å². The lowest BCUT2D eigenvalue weighted by atomic mass is 10.2. The van der Waals surface area contributed by atoms with E-state index in [1.54, 1.807) is 18.0 Å². The SMILES string of the molecule is CCOc1ccc(/C=N\NC(=O)CSc2nnc(SCc3ccc(Cl)cc3)s2)cc1. The summed E-state index contributed by atoms with van der Waals surface area (Å²) >= 11 is 10.3. The second-order valence-corrected chi connectivity index (χ2v) is 9.69. The van der Waals surface area contributed by atoms with Gasteiger partial charge in [0.15, 0.2) is 8.68 Å². The molecule has 0 spiro atoms. The molecule has 1 amide bonds. The molecule has 0 fully saturated rings. The smallest absolute Gasteiger partial charge is 0.250 e. The minimum atomic E-state index is -0.201. The first kappa shape index (κ1) is 22.6. The highest BCUT2D eigenvalue weighted by atomic mass is 35.5. The molecular formula is C20H19ClN4O2S3. The highest BCUT2D eigenvalue weighted by Crippen LogP contribution is 2.30. The largest absolute Gasteiger partial charge is 0.494 e. The summed E-state index contributed by atoms with van der Waals surface area (Å²) in [7, 11) is 0. The number of nitrogens with zero attached hydrogens (tertiary/aromatic N) is 3. The van der Waals surface area contributed by atoms with Gasteiger partial charge in [-0.25, -0.2) is 5.43 Å². The first-order chi connectivity index (χ1) is 14.6. The molecule has 3 aromatic rings. The summed E-state index contributed by atoms with van der Waals surface area (Å²) < 4.78 is 7.00. The predicted molar refractivity (Wildman–Crippen MR) is 125 cm³/mol. The predicted octanol–water partition coefficient (Wildman–Crippen LogP) is 5.12. The van der Waals surface area contributed by atoms with Crippen LogP contribution in [0.25, 0.3) is 0 Å². The van der Waals surface area contributed by atoms with Crippen molar-refractivity contribution in [2.45, 2.75) is 21.4 Å². The average molecular weight is 479 g/mol. The lowest BCUT2D eigenvalue weighted by Gasteiger charge is -2.02. The van der Waals surface area contributed by atoms with Crippen LogP contribution in [0.3, 0.4) is 0 Å². The minimum Gasteiger partial charge on any atom is -0.494 e. The number of carbonyl (C=O) groups is 1. The number of halogens is 1. The van der Waals surface area contributed by atoms with Gasteiger partial charge in [-0.05, 0) is 54.4 Å². The zero-order valence-corrected chi connectivity index (χ0v) is 19.3. The van der Waals surface area contributed by atoms with E-state index < -0.39 is 0 Å². The van der Waals surface area contributed by atoms with Crippen LogP contribution in [0.15, 0.2) is 62.3 Å². The number of thioether (sulfide) groups is 2. The molecule has 1 aromatic heterocycles. The molecule has 0 unspecified atom stereocenters. The second-order valence-electron chi connectivity index (χ2n) is 5.83. The zero-order chi connectivity index (χ0) is 21.2. The molecule has 10 heteroatoms. The summed E-state index contributed by atoms with van der Waals surface area (Å²) in [6.45, 7) is 2.56. The number of rotatable bonds is 10. The van der Waals surface area contributed by atoms with Gasteiger partial charge in [0.1, 0.15) is 5.75 Å². The summed E-state index contributed by atoms with van der Waals surface area (Å²) in [5.74, 6) is 1.61. The lowest BCUT2D eigenvalue weighted by molar-refractivity contribution is -0.118. The van der Waals surface area contributed by atoms with Crippen LogP contribution in [0.2, 0.25) is 5.02 Å². The Morgan fingerprint density at radius 1 is 1.13 bits per heavy atom. The van der Waals surface area contributed by atoms with E-state index in [1.165, 1.54) is 28.7 Å². The van der Waals surface area contributed by atoms with Gasteiger partial charge in [-0.2, -0.15) is 5.10 Å². The fraction of sp³-hybridized carbons (Fsp3) is 0.200. The van der Waals surface area contributed by atoms with Crippen molar-refractivity contribution in [2.75, 3.05) is 12.4 Å². The van der Waals surface area contributed by atoms with E-state index in [1.807, 2.05) is 55.5 Å². The van der Waals surface area contributed by atoms with E-state index in [9.17, 15) is 4.79 Å². The normalized spacial score (nSPS) is 11.0. The molecule has 0 radical (unpaired) electrons. The Kier molecular flexibility index (Phi) is 9.00. The van der Waals surface area contributed by atoms with Crippen LogP contribution >= 0.6 is 46.5 Å². The Morgan fingerprint density at radius 3 is 2.53 bits per heavy atom. The number of nitrogens with one attached hydrogen (secondary N) is 1. The van der Waals surface area contributed by atoms with E-state index in [0.29, 0.717) is 6.61 Å². The van der Waals surface area contributed by atoms with Crippen LogP contribution in [0.4, 0.5) is 0 Å². The van der Waals surface area contributed by atoms with E-state index in [0.717, 1.165) is 30.8 Å². The van der Waals surface area contributed by atoms with Crippen LogP contribution in [0.5, 0.6) is 5.75 Å². The van der Waals surface area contributed by atoms with E-state index >= 15 is 0 Å². The van der Waals surface area contributed by atoms with Gasteiger partial charge in [0.25, 0.3) is 5.91 Å². The van der Waals surface area contributed by atoms with Gasteiger partial charge in [0, 0.05) is 10.8 Å². The zero-order valence-electron chi connectivity index (χ0n) is 16.1. The maximum absolute atomic E-state index is 12.0. The lowest BCUT2D eigenvalue weighted by Crippen LogP contribution is -2.19. The van der Waals surface area contributed by atoms with Crippen molar-refractivity contribution in [2.24, 2.45) is 5.10 Å². The van der Waals surface area contributed by atoms with Gasteiger partial charge in [-0.3, -0.25) is 4.79 Å². The summed E-state index contributed by atoms with van der Waals surface area (Å²) in [5.41, 5.74) is 4.56. The Labute approximate surface area is 192 Å². The Balaban J connectivity index is 1.38. The minimum absolute atomic E-state index is 0.201. The molecule has 3 rings (SSSR count). The standard InChI is InChI=1S/C20H19ClN4O2S3/c1-2-27-17-9-5-14(6-10-17)11-22-23-18(26)13-29-20-25-24-19(30-20)28-12-15-3-7-16(21)8-4-15/h3-11H,2,12-13H2,1H3,(H,23,26)/b22-11-. The van der Waals surface area contributed by atoms with E-state index in [4.69, 9.17) is 16.3 Å². The van der Waals surface area contributed by atoms with Crippen molar-refractivity contribution in [3.05, 3.63) is 64.7 Å². The van der Waals surface area contributed by atoms with Crippen molar-refractivity contribution < 1.29 is 9.53 Å². The number of ether oxygens (including phenoxy) is 1. The summed E-state index contributed by atoms with van der Waals surface area (Å²) in [6.07, 6.45) is 1.59. The van der Waals surface area contributed by atoms with Crippen LogP contribution in [-0.2, 0) is 10.5 Å². The van der Waals surface area contributed by atoms with Gasteiger partial charge in [-0.15, -0.1) is 10.2 Å². The van der Waals surface area contributed by atoms with Crippen molar-refractivity contribution in [1.29, 1.82) is 0 Å². The Morgan fingerprint density at radius 2 is 1.83 bits per heavy atom. The van der Waals surface area contributed by atoms with Crippen molar-refractivity contribution in [3.8, 4) is 5.75 Å². The van der Waals surface area contributed by atoms with Crippen molar-refractivity contribution in [1.82, 2.24) is 15.6 Å². The molecule has 0 saturated heterocycles. The third kappa shape index (κ3) is 7.64. The number of hydrogen-bond donors (Lipinski definition) is 1. The summed E-state index contributed by atoms with van der Waals surface area (Å²) in [4.78, 5) is 12.0. The molecule has 6 nitrogen and oxygen atoms in total. The molecule has 0 aliphatic heterocycles. The fourth-order valence-corrected chi connectivity index (χ4v) is 5.09. The molecule has 0 bridgehead atoms. The van der Waals surface area contributed by atoms with Crippen LogP contribution in [0.1, 0.15) is 18.1 Å². The van der Waals surface area contributed by atoms with Gasteiger partial charge < -0.3 is 4.74 Å². The third-order valence-corrected chi connectivity index (χ3v) is 7.10. The Hall–Kier alpha value is -2.07. The highest BCUT2D eigenvalue weighted by molar-refractivity contribution is 8.03. The number of carbonyl (C=O) groups excluding carboxylic acids is 1. The second kappa shape index (κ2) is 11.9. The monoisotopic (exact) mass is 478 g/mol. The Bertz CT molecular complexity index is 978. The highest BCUT2D eigenvalue weighted by Gasteiger charge is 2.08. The van der Waals surface area contributed by atoms with Gasteiger partial charge >= 0.3 is 0 Å². The first-order valence-corrected chi connectivity index (χ1v) is 12.2. The number of amides is 1. The van der Waals surface area contributed by atoms with Crippen molar-refractivity contribution >= 4 is 58.6 Å². The summed E-state index contributed by atoms with van der Waals surface area (Å²) in [5, 5.41) is 13.0. The van der Waals surface area contributed by atoms with Crippen LogP contribution in [-0.4, -0.2) is 34.7 Å². The molecule has 30 heavy (non-hydrogen) atoms. The molecule has 0 aliphatic rings. The number of aromatic nitrogens is 2. The number of hydrogen-bond acceptors (Lipinski definition) is 8. The molecule has 2 aromatic carbocycles. The van der Waals surface area contributed by atoms with Gasteiger partial charge in [-0.1, -0.05) is 58.6 Å². The van der Waals surface area contributed by atoms with E-state index in [2.05, 4.69) is 20.7 Å². The summed E-state index contributed by atoms with van der Waals surface area (Å²) in [6, 6.07) is 15.2. The quantitative estimate of drug-likeness (QED) is 0.247. The van der Waals surface area contributed by atoms with Crippen LogP contribution < -0.4 is 10.2 Å².